The number of carbonyl (C=O) groups is 3. The fourth-order valence-corrected chi connectivity index (χ4v) is 4.34. The number of ether oxygens (including phenoxy) is 1. The van der Waals surface area contributed by atoms with Crippen molar-refractivity contribution >= 4 is 17.7 Å². The van der Waals surface area contributed by atoms with Crippen LogP contribution in [0.5, 0.6) is 0 Å². The second-order valence-corrected chi connectivity index (χ2v) is 7.11. The molecule has 132 valence electrons. The van der Waals surface area contributed by atoms with E-state index in [1.165, 1.54) is 0 Å². The van der Waals surface area contributed by atoms with Gasteiger partial charge in [0.15, 0.2) is 0 Å². The number of carbonyl (C=O) groups excluding carboxylic acids is 3. The van der Waals surface area contributed by atoms with Crippen molar-refractivity contribution in [2.24, 2.45) is 5.92 Å². The summed E-state index contributed by atoms with van der Waals surface area (Å²) in [6.07, 6.45) is 4.18. The minimum atomic E-state index is -0.824. The van der Waals surface area contributed by atoms with Crippen LogP contribution in [0.4, 0.5) is 0 Å². The third-order valence-corrected chi connectivity index (χ3v) is 5.70. The number of benzene rings is 1. The standard InChI is InChI=1S/C19H22N2O4/c1-11(21-18(23)12-5-2-3-6-13(12)19(21)24)17(22)20-15-7-4-8-16-14(15)9-10-25-16/h2-3,5-6,11,14-16H,4,7-10H2,1H3,(H,20,22)/t11-,14?,15?,16?/m1/s1. The highest BCUT2D eigenvalue weighted by Crippen LogP contribution is 2.34. The second kappa shape index (κ2) is 6.26. The lowest BCUT2D eigenvalue weighted by molar-refractivity contribution is -0.126. The molecule has 6 nitrogen and oxygen atoms in total. The van der Waals surface area contributed by atoms with Crippen LogP contribution >= 0.6 is 0 Å². The highest BCUT2D eigenvalue weighted by Gasteiger charge is 2.43. The molecule has 1 N–H and O–H groups in total. The number of amides is 3. The van der Waals surface area contributed by atoms with Gasteiger partial charge >= 0.3 is 0 Å². The van der Waals surface area contributed by atoms with E-state index in [1.54, 1.807) is 31.2 Å². The van der Waals surface area contributed by atoms with Crippen LogP contribution in [0.3, 0.4) is 0 Å². The molecular formula is C19H22N2O4. The molecule has 0 spiro atoms. The maximum atomic E-state index is 12.7. The lowest BCUT2D eigenvalue weighted by atomic mass is 9.81. The van der Waals surface area contributed by atoms with E-state index in [2.05, 4.69) is 5.32 Å². The van der Waals surface area contributed by atoms with E-state index in [9.17, 15) is 14.4 Å². The average molecular weight is 342 g/mol. The monoisotopic (exact) mass is 342 g/mol. The van der Waals surface area contributed by atoms with Crippen molar-refractivity contribution in [1.29, 1.82) is 0 Å². The Kier molecular flexibility index (Phi) is 4.07. The van der Waals surface area contributed by atoms with Gasteiger partial charge in [-0.25, -0.2) is 0 Å². The van der Waals surface area contributed by atoms with Gasteiger partial charge in [0.2, 0.25) is 5.91 Å². The largest absolute Gasteiger partial charge is 0.378 e. The Hall–Kier alpha value is -2.21. The third kappa shape index (κ3) is 2.65. The Morgan fingerprint density at radius 3 is 2.52 bits per heavy atom. The summed E-state index contributed by atoms with van der Waals surface area (Å²) in [7, 11) is 0. The molecule has 1 saturated heterocycles. The van der Waals surface area contributed by atoms with Gasteiger partial charge in [-0.3, -0.25) is 19.3 Å². The topological polar surface area (TPSA) is 75.7 Å². The van der Waals surface area contributed by atoms with Gasteiger partial charge < -0.3 is 10.1 Å². The minimum Gasteiger partial charge on any atom is -0.378 e. The molecule has 3 unspecified atom stereocenters. The van der Waals surface area contributed by atoms with Crippen molar-refractivity contribution in [3.05, 3.63) is 35.4 Å². The van der Waals surface area contributed by atoms with Crippen LogP contribution in [0.15, 0.2) is 24.3 Å². The Bertz CT molecular complexity index is 697. The predicted octanol–water partition coefficient (Wildman–Crippen LogP) is 1.74. The Balaban J connectivity index is 1.48. The Morgan fingerprint density at radius 1 is 1.16 bits per heavy atom. The lowest BCUT2D eigenvalue weighted by Crippen LogP contribution is -2.53. The number of fused-ring (bicyclic) bond motifs is 2. The predicted molar refractivity (Wildman–Crippen MR) is 90.0 cm³/mol. The molecule has 4 atom stereocenters. The summed E-state index contributed by atoms with van der Waals surface area (Å²) >= 11 is 0. The smallest absolute Gasteiger partial charge is 0.262 e. The molecule has 3 amide bonds. The van der Waals surface area contributed by atoms with Gasteiger partial charge in [0.05, 0.1) is 17.2 Å². The molecule has 0 radical (unpaired) electrons. The van der Waals surface area contributed by atoms with Gasteiger partial charge in [0.1, 0.15) is 6.04 Å². The van der Waals surface area contributed by atoms with Crippen LogP contribution in [0.1, 0.15) is 53.3 Å². The Labute approximate surface area is 146 Å². The van der Waals surface area contributed by atoms with Crippen LogP contribution in [0, 0.1) is 5.92 Å². The molecule has 2 aliphatic heterocycles. The highest BCUT2D eigenvalue weighted by molar-refractivity contribution is 6.22. The van der Waals surface area contributed by atoms with E-state index in [0.717, 1.165) is 37.2 Å². The van der Waals surface area contributed by atoms with E-state index in [4.69, 9.17) is 4.74 Å². The van der Waals surface area contributed by atoms with Gasteiger partial charge in [-0.1, -0.05) is 12.1 Å². The van der Waals surface area contributed by atoms with E-state index in [-0.39, 0.29) is 18.1 Å². The van der Waals surface area contributed by atoms with Crippen LogP contribution in [0.25, 0.3) is 0 Å². The van der Waals surface area contributed by atoms with Gasteiger partial charge in [0, 0.05) is 18.6 Å². The molecule has 4 rings (SSSR count). The molecule has 2 fully saturated rings. The summed E-state index contributed by atoms with van der Waals surface area (Å²) < 4.78 is 5.74. The number of nitrogens with zero attached hydrogens (tertiary/aromatic N) is 1. The molecular weight excluding hydrogens is 320 g/mol. The van der Waals surface area contributed by atoms with E-state index < -0.39 is 17.9 Å². The van der Waals surface area contributed by atoms with E-state index in [0.29, 0.717) is 17.0 Å². The van der Waals surface area contributed by atoms with Crippen molar-refractivity contribution in [3.63, 3.8) is 0 Å². The van der Waals surface area contributed by atoms with Crippen LogP contribution in [-0.2, 0) is 9.53 Å². The molecule has 6 heteroatoms. The summed E-state index contributed by atoms with van der Waals surface area (Å²) in [6.45, 7) is 2.36. The van der Waals surface area contributed by atoms with Gasteiger partial charge in [0.25, 0.3) is 11.8 Å². The van der Waals surface area contributed by atoms with Crippen molar-refractivity contribution < 1.29 is 19.1 Å². The first-order valence-corrected chi connectivity index (χ1v) is 8.97. The van der Waals surface area contributed by atoms with E-state index >= 15 is 0 Å². The van der Waals surface area contributed by atoms with Crippen molar-refractivity contribution in [2.75, 3.05) is 6.61 Å². The van der Waals surface area contributed by atoms with Gasteiger partial charge in [-0.2, -0.15) is 0 Å². The second-order valence-electron chi connectivity index (χ2n) is 7.11. The first kappa shape index (κ1) is 16.3. The van der Waals surface area contributed by atoms with E-state index in [1.807, 2.05) is 0 Å². The molecule has 3 aliphatic rings. The summed E-state index contributed by atoms with van der Waals surface area (Å²) in [4.78, 5) is 38.9. The zero-order chi connectivity index (χ0) is 17.6. The maximum absolute atomic E-state index is 12.7. The molecule has 0 aromatic heterocycles. The Morgan fingerprint density at radius 2 is 1.84 bits per heavy atom. The normalized spacial score (nSPS) is 29.3. The maximum Gasteiger partial charge on any atom is 0.262 e. The first-order chi connectivity index (χ1) is 12.1. The zero-order valence-electron chi connectivity index (χ0n) is 14.2. The van der Waals surface area contributed by atoms with Gasteiger partial charge in [-0.15, -0.1) is 0 Å². The molecule has 25 heavy (non-hydrogen) atoms. The SMILES string of the molecule is C[C@H](C(=O)NC1CCCC2OCCC12)N1C(=O)c2ccccc2C1=O. The number of hydrogen-bond donors (Lipinski definition) is 1. The molecule has 0 bridgehead atoms. The summed E-state index contributed by atoms with van der Waals surface area (Å²) in [6, 6.07) is 5.94. The fraction of sp³-hybridized carbons (Fsp3) is 0.526. The molecule has 1 aromatic rings. The first-order valence-electron chi connectivity index (χ1n) is 8.97. The number of nitrogens with one attached hydrogen (secondary N) is 1. The van der Waals surface area contributed by atoms with Crippen LogP contribution in [-0.4, -0.2) is 47.4 Å². The number of rotatable bonds is 3. The van der Waals surface area contributed by atoms with Crippen molar-refractivity contribution in [1.82, 2.24) is 10.2 Å². The summed E-state index contributed by atoms with van der Waals surface area (Å²) in [5.74, 6) is -0.720. The van der Waals surface area contributed by atoms with Crippen molar-refractivity contribution in [3.8, 4) is 0 Å². The molecule has 1 aromatic carbocycles. The lowest BCUT2D eigenvalue weighted by Gasteiger charge is -2.34. The zero-order valence-corrected chi connectivity index (χ0v) is 14.2. The van der Waals surface area contributed by atoms with Crippen LogP contribution < -0.4 is 5.32 Å². The highest BCUT2D eigenvalue weighted by atomic mass is 16.5. The fourth-order valence-electron chi connectivity index (χ4n) is 4.34. The van der Waals surface area contributed by atoms with Crippen molar-refractivity contribution in [2.45, 2.75) is 50.8 Å². The van der Waals surface area contributed by atoms with Crippen LogP contribution in [0.2, 0.25) is 0 Å². The number of imide groups is 1. The molecule has 2 heterocycles. The molecule has 1 saturated carbocycles. The minimum absolute atomic E-state index is 0.0615. The molecule has 1 aliphatic carbocycles. The number of hydrogen-bond acceptors (Lipinski definition) is 4. The summed E-state index contributed by atoms with van der Waals surface area (Å²) in [5, 5.41) is 3.07. The third-order valence-electron chi connectivity index (χ3n) is 5.70. The quantitative estimate of drug-likeness (QED) is 0.849. The summed E-state index contributed by atoms with van der Waals surface area (Å²) in [5.41, 5.74) is 0.739. The van der Waals surface area contributed by atoms with Gasteiger partial charge in [-0.05, 0) is 44.7 Å². The average Bonchev–Trinajstić information content (AvgIpc) is 3.19.